The van der Waals surface area contributed by atoms with E-state index >= 15 is 0 Å². The largest absolute Gasteiger partial charge is 0.383 e. The summed E-state index contributed by atoms with van der Waals surface area (Å²) in [5, 5.41) is 4.69. The topological polar surface area (TPSA) is 43.8 Å². The molecule has 0 aliphatic heterocycles. The van der Waals surface area contributed by atoms with Gasteiger partial charge in [-0.3, -0.25) is 4.68 Å². The molecule has 1 heterocycles. The fraction of sp³-hybridized carbons (Fsp3) is 0.471. The molecule has 1 aromatic heterocycles. The highest BCUT2D eigenvalue weighted by atomic mass is 15.3. The Labute approximate surface area is 120 Å². The summed E-state index contributed by atoms with van der Waals surface area (Å²) in [5.74, 6) is 2.06. The predicted molar refractivity (Wildman–Crippen MR) is 83.7 cm³/mol. The first-order valence-electron chi connectivity index (χ1n) is 7.39. The van der Waals surface area contributed by atoms with Gasteiger partial charge in [-0.25, -0.2) is 0 Å². The summed E-state index contributed by atoms with van der Waals surface area (Å²) in [5.41, 5.74) is 12.4. The van der Waals surface area contributed by atoms with Gasteiger partial charge in [0, 0.05) is 18.5 Å². The maximum atomic E-state index is 6.28. The van der Waals surface area contributed by atoms with E-state index in [-0.39, 0.29) is 0 Å². The molecule has 1 fully saturated rings. The molecule has 1 saturated carbocycles. The van der Waals surface area contributed by atoms with Gasteiger partial charge in [0.25, 0.3) is 0 Å². The summed E-state index contributed by atoms with van der Waals surface area (Å²) in [6.45, 7) is 6.57. The monoisotopic (exact) mass is 269 g/mol. The van der Waals surface area contributed by atoms with Gasteiger partial charge in [-0.05, 0) is 49.3 Å². The minimum Gasteiger partial charge on any atom is -0.383 e. The van der Waals surface area contributed by atoms with Crippen LogP contribution in [0.1, 0.15) is 42.5 Å². The first-order valence-corrected chi connectivity index (χ1v) is 7.39. The molecule has 1 aliphatic carbocycles. The van der Waals surface area contributed by atoms with E-state index in [0.29, 0.717) is 5.92 Å². The van der Waals surface area contributed by atoms with Crippen LogP contribution in [0.15, 0.2) is 18.2 Å². The zero-order valence-corrected chi connectivity index (χ0v) is 12.8. The van der Waals surface area contributed by atoms with Gasteiger partial charge in [0.05, 0.1) is 5.69 Å². The fourth-order valence-corrected chi connectivity index (χ4v) is 2.89. The molecule has 2 N–H and O–H groups in total. The van der Waals surface area contributed by atoms with E-state index < -0.39 is 0 Å². The zero-order chi connectivity index (χ0) is 14.4. The fourth-order valence-electron chi connectivity index (χ4n) is 2.89. The summed E-state index contributed by atoms with van der Waals surface area (Å²) in [6, 6.07) is 6.56. The molecule has 1 aliphatic rings. The molecule has 0 bridgehead atoms. The van der Waals surface area contributed by atoms with Crippen LogP contribution < -0.4 is 5.73 Å². The van der Waals surface area contributed by atoms with Crippen LogP contribution in [-0.4, -0.2) is 9.78 Å². The second-order valence-electron chi connectivity index (χ2n) is 6.19. The molecule has 1 unspecified atom stereocenters. The van der Waals surface area contributed by atoms with Crippen LogP contribution in [0.2, 0.25) is 0 Å². The van der Waals surface area contributed by atoms with Crippen LogP contribution in [-0.2, 0) is 7.05 Å². The smallest absolute Gasteiger partial charge is 0.129 e. The second-order valence-corrected chi connectivity index (χ2v) is 6.19. The average molecular weight is 269 g/mol. The molecule has 2 aromatic rings. The third-order valence-corrected chi connectivity index (χ3v) is 4.67. The van der Waals surface area contributed by atoms with Gasteiger partial charge in [-0.15, -0.1) is 0 Å². The molecular weight excluding hydrogens is 246 g/mol. The van der Waals surface area contributed by atoms with Crippen LogP contribution >= 0.6 is 0 Å². The second kappa shape index (κ2) is 4.65. The molecule has 0 saturated heterocycles. The maximum Gasteiger partial charge on any atom is 0.129 e. The highest BCUT2D eigenvalue weighted by Gasteiger charge is 2.33. The van der Waals surface area contributed by atoms with E-state index in [1.165, 1.54) is 29.5 Å². The lowest BCUT2D eigenvalue weighted by Crippen LogP contribution is -2.00. The zero-order valence-electron chi connectivity index (χ0n) is 12.8. The number of rotatable bonds is 3. The minimum absolute atomic E-state index is 0.495. The van der Waals surface area contributed by atoms with E-state index in [4.69, 9.17) is 10.8 Å². The summed E-state index contributed by atoms with van der Waals surface area (Å²) in [7, 11) is 1.93. The Morgan fingerprint density at radius 2 is 1.95 bits per heavy atom. The minimum atomic E-state index is 0.495. The van der Waals surface area contributed by atoms with E-state index in [1.54, 1.807) is 0 Å². The molecule has 3 rings (SSSR count). The lowest BCUT2D eigenvalue weighted by Gasteiger charge is -2.11. The highest BCUT2D eigenvalue weighted by Crippen LogP contribution is 2.45. The summed E-state index contributed by atoms with van der Waals surface area (Å²) < 4.78 is 1.82. The SMILES string of the molecule is Cc1ccc(-c2c(C(C)C3CC3)nn(C)c2N)cc1C. The third-order valence-electron chi connectivity index (χ3n) is 4.67. The number of aryl methyl sites for hydroxylation is 3. The van der Waals surface area contributed by atoms with Crippen molar-refractivity contribution in [2.24, 2.45) is 13.0 Å². The molecule has 106 valence electrons. The van der Waals surface area contributed by atoms with E-state index in [1.807, 2.05) is 11.7 Å². The van der Waals surface area contributed by atoms with Crippen LogP contribution in [0, 0.1) is 19.8 Å². The van der Waals surface area contributed by atoms with Gasteiger partial charge < -0.3 is 5.73 Å². The Morgan fingerprint density at radius 3 is 2.55 bits per heavy atom. The van der Waals surface area contributed by atoms with Crippen LogP contribution in [0.3, 0.4) is 0 Å². The average Bonchev–Trinajstić information content (AvgIpc) is 3.21. The van der Waals surface area contributed by atoms with E-state index in [9.17, 15) is 0 Å². The lowest BCUT2D eigenvalue weighted by molar-refractivity contribution is 0.622. The van der Waals surface area contributed by atoms with Crippen LogP contribution in [0.5, 0.6) is 0 Å². The number of nitrogens with zero attached hydrogens (tertiary/aromatic N) is 2. The quantitative estimate of drug-likeness (QED) is 0.921. The number of nitrogen functional groups attached to an aromatic ring is 1. The van der Waals surface area contributed by atoms with Crippen molar-refractivity contribution in [1.29, 1.82) is 0 Å². The van der Waals surface area contributed by atoms with Gasteiger partial charge in [-0.1, -0.05) is 25.1 Å². The van der Waals surface area contributed by atoms with Crippen molar-refractivity contribution in [3.8, 4) is 11.1 Å². The molecule has 0 spiro atoms. The number of aromatic nitrogens is 2. The lowest BCUT2D eigenvalue weighted by atomic mass is 9.93. The first-order chi connectivity index (χ1) is 9.49. The van der Waals surface area contributed by atoms with Crippen molar-refractivity contribution in [2.45, 2.75) is 39.5 Å². The molecule has 0 amide bonds. The van der Waals surface area contributed by atoms with Crippen molar-refractivity contribution in [1.82, 2.24) is 9.78 Å². The molecule has 3 nitrogen and oxygen atoms in total. The van der Waals surface area contributed by atoms with Gasteiger partial charge >= 0.3 is 0 Å². The van der Waals surface area contributed by atoms with Gasteiger partial charge in [0.1, 0.15) is 5.82 Å². The third kappa shape index (κ3) is 2.11. The number of hydrogen-bond acceptors (Lipinski definition) is 2. The van der Waals surface area contributed by atoms with E-state index in [2.05, 4.69) is 39.0 Å². The Hall–Kier alpha value is -1.77. The Morgan fingerprint density at radius 1 is 1.25 bits per heavy atom. The Balaban J connectivity index is 2.13. The van der Waals surface area contributed by atoms with Crippen molar-refractivity contribution >= 4 is 5.82 Å². The normalized spacial score (nSPS) is 16.4. The number of anilines is 1. The van der Waals surface area contributed by atoms with Crippen LogP contribution in [0.4, 0.5) is 5.82 Å². The molecular formula is C17H23N3. The maximum absolute atomic E-state index is 6.28. The summed E-state index contributed by atoms with van der Waals surface area (Å²) >= 11 is 0. The summed E-state index contributed by atoms with van der Waals surface area (Å²) in [6.07, 6.45) is 2.65. The van der Waals surface area contributed by atoms with Crippen molar-refractivity contribution in [3.63, 3.8) is 0 Å². The first kappa shape index (κ1) is 13.2. The molecule has 20 heavy (non-hydrogen) atoms. The molecule has 1 atom stereocenters. The molecule has 3 heteroatoms. The van der Waals surface area contributed by atoms with Crippen molar-refractivity contribution < 1.29 is 0 Å². The van der Waals surface area contributed by atoms with Gasteiger partial charge in [-0.2, -0.15) is 5.10 Å². The number of benzene rings is 1. The van der Waals surface area contributed by atoms with Gasteiger partial charge in [0.2, 0.25) is 0 Å². The van der Waals surface area contributed by atoms with Crippen molar-refractivity contribution in [3.05, 3.63) is 35.0 Å². The molecule has 0 radical (unpaired) electrons. The molecule has 1 aromatic carbocycles. The van der Waals surface area contributed by atoms with Crippen molar-refractivity contribution in [2.75, 3.05) is 5.73 Å². The van der Waals surface area contributed by atoms with Crippen LogP contribution in [0.25, 0.3) is 11.1 Å². The number of nitrogens with two attached hydrogens (primary N) is 1. The number of hydrogen-bond donors (Lipinski definition) is 1. The van der Waals surface area contributed by atoms with E-state index in [0.717, 1.165) is 23.0 Å². The Kier molecular flexibility index (Phi) is 3.08. The highest BCUT2D eigenvalue weighted by molar-refractivity contribution is 5.78. The predicted octanol–water partition coefficient (Wildman–Crippen LogP) is 3.80. The standard InChI is InChI=1S/C17H23N3/c1-10-5-6-14(9-11(10)2)15-16(12(3)13-7-8-13)19-20(4)17(15)18/h5-6,9,12-13H,7-8,18H2,1-4H3. The van der Waals surface area contributed by atoms with Gasteiger partial charge in [0.15, 0.2) is 0 Å². The summed E-state index contributed by atoms with van der Waals surface area (Å²) in [4.78, 5) is 0. The Bertz CT molecular complexity index is 650.